The standard InChI is InChI=1S/C30H66O6Si3/c1-23(26(31)32)24(35-38(15,16)28(5,6)7)22-25(33-12)30(11,36-39(17,18)29(8,9)10)20-19-21-34-37(13,14)27(2,3)4/h23-25H,19-22H2,1-18H3,(H,31,32)/t23-,24+,25-,30-/m1/s1. The first kappa shape index (κ1) is 39.0. The molecule has 0 aliphatic heterocycles. The highest BCUT2D eigenvalue weighted by molar-refractivity contribution is 6.75. The molecule has 0 bridgehead atoms. The van der Waals surface area contributed by atoms with Gasteiger partial charge in [-0.25, -0.2) is 0 Å². The largest absolute Gasteiger partial charge is 0.481 e. The smallest absolute Gasteiger partial charge is 0.308 e. The zero-order chi connectivity index (χ0) is 31.5. The quantitative estimate of drug-likeness (QED) is 0.148. The third-order valence-corrected chi connectivity index (χ3v) is 23.6. The normalized spacial score (nSPS) is 18.4. The van der Waals surface area contributed by atoms with Crippen LogP contribution in [0.25, 0.3) is 0 Å². The van der Waals surface area contributed by atoms with Crippen molar-refractivity contribution in [3.05, 3.63) is 0 Å². The average molecular weight is 607 g/mol. The van der Waals surface area contributed by atoms with E-state index in [0.717, 1.165) is 12.8 Å². The first-order valence-electron chi connectivity index (χ1n) is 14.8. The fourth-order valence-corrected chi connectivity index (χ4v) is 8.06. The molecule has 0 heterocycles. The molecule has 0 saturated heterocycles. The van der Waals surface area contributed by atoms with E-state index in [1.165, 1.54) is 0 Å². The van der Waals surface area contributed by atoms with Crippen molar-refractivity contribution in [3.8, 4) is 0 Å². The predicted octanol–water partition coefficient (Wildman–Crippen LogP) is 9.09. The lowest BCUT2D eigenvalue weighted by Crippen LogP contribution is -2.56. The first-order valence-corrected chi connectivity index (χ1v) is 23.5. The molecule has 0 aromatic rings. The molecule has 0 unspecified atom stereocenters. The number of hydrogen-bond acceptors (Lipinski definition) is 5. The molecule has 1 N–H and O–H groups in total. The molecular formula is C30H66O6Si3. The van der Waals surface area contributed by atoms with E-state index < -0.39 is 48.5 Å². The maximum Gasteiger partial charge on any atom is 0.308 e. The van der Waals surface area contributed by atoms with Crippen LogP contribution < -0.4 is 0 Å². The van der Waals surface area contributed by atoms with Crippen molar-refractivity contribution in [2.45, 2.75) is 168 Å². The summed E-state index contributed by atoms with van der Waals surface area (Å²) in [4.78, 5) is 12.2. The molecule has 234 valence electrons. The van der Waals surface area contributed by atoms with Gasteiger partial charge in [0.1, 0.15) is 0 Å². The van der Waals surface area contributed by atoms with Crippen LogP contribution in [-0.4, -0.2) is 67.6 Å². The van der Waals surface area contributed by atoms with Gasteiger partial charge in [0.2, 0.25) is 0 Å². The minimum atomic E-state index is -2.23. The van der Waals surface area contributed by atoms with Crippen molar-refractivity contribution < 1.29 is 27.9 Å². The molecule has 6 nitrogen and oxygen atoms in total. The van der Waals surface area contributed by atoms with Gasteiger partial charge in [0, 0.05) is 20.1 Å². The van der Waals surface area contributed by atoms with Crippen LogP contribution in [0.15, 0.2) is 0 Å². The minimum Gasteiger partial charge on any atom is -0.481 e. The molecule has 39 heavy (non-hydrogen) atoms. The van der Waals surface area contributed by atoms with Crippen LogP contribution in [0.5, 0.6) is 0 Å². The molecular weight excluding hydrogens is 541 g/mol. The second-order valence-electron chi connectivity index (χ2n) is 16.4. The molecule has 0 aliphatic rings. The summed E-state index contributed by atoms with van der Waals surface area (Å²) in [6.45, 7) is 38.1. The van der Waals surface area contributed by atoms with E-state index in [-0.39, 0.29) is 21.2 Å². The van der Waals surface area contributed by atoms with Gasteiger partial charge in [-0.15, -0.1) is 0 Å². The average Bonchev–Trinajstić information content (AvgIpc) is 2.70. The summed E-state index contributed by atoms with van der Waals surface area (Å²) in [5, 5.41) is 10.2. The first-order chi connectivity index (χ1) is 17.0. The lowest BCUT2D eigenvalue weighted by atomic mass is 9.87. The Balaban J connectivity index is 6.30. The predicted molar refractivity (Wildman–Crippen MR) is 173 cm³/mol. The van der Waals surface area contributed by atoms with Gasteiger partial charge < -0.3 is 23.1 Å². The Bertz CT molecular complexity index is 777. The second kappa shape index (κ2) is 13.5. The van der Waals surface area contributed by atoms with Gasteiger partial charge >= 0.3 is 5.97 Å². The number of hydrogen-bond donors (Lipinski definition) is 1. The third-order valence-electron chi connectivity index (χ3n) is 9.99. The summed E-state index contributed by atoms with van der Waals surface area (Å²) in [5.74, 6) is -1.50. The van der Waals surface area contributed by atoms with Crippen LogP contribution in [-0.2, 0) is 22.8 Å². The van der Waals surface area contributed by atoms with Gasteiger partial charge in [0.25, 0.3) is 0 Å². The molecule has 0 amide bonds. The Hall–Kier alpha value is -0.0394. The number of rotatable bonds is 15. The lowest BCUT2D eigenvalue weighted by Gasteiger charge is -2.48. The van der Waals surface area contributed by atoms with E-state index >= 15 is 0 Å². The van der Waals surface area contributed by atoms with Crippen LogP contribution in [0.2, 0.25) is 54.4 Å². The van der Waals surface area contributed by atoms with Crippen molar-refractivity contribution in [2.24, 2.45) is 5.92 Å². The summed E-state index contributed by atoms with van der Waals surface area (Å²) in [6, 6.07) is 0. The summed E-state index contributed by atoms with van der Waals surface area (Å²) in [7, 11) is -4.55. The lowest BCUT2D eigenvalue weighted by molar-refractivity contribution is -0.147. The van der Waals surface area contributed by atoms with Crippen molar-refractivity contribution >= 4 is 30.9 Å². The summed E-state index contributed by atoms with van der Waals surface area (Å²) >= 11 is 0. The Kier molecular flexibility index (Phi) is 13.5. The summed E-state index contributed by atoms with van der Waals surface area (Å²) < 4.78 is 26.6. The van der Waals surface area contributed by atoms with Gasteiger partial charge in [-0.2, -0.15) is 0 Å². The van der Waals surface area contributed by atoms with Gasteiger partial charge in [-0.05, 0) is 81.1 Å². The highest BCUT2D eigenvalue weighted by Gasteiger charge is 2.49. The molecule has 0 fully saturated rings. The molecule has 0 aromatic heterocycles. The van der Waals surface area contributed by atoms with Crippen molar-refractivity contribution in [1.82, 2.24) is 0 Å². The molecule has 0 spiro atoms. The van der Waals surface area contributed by atoms with Crippen LogP contribution in [0.4, 0.5) is 0 Å². The molecule has 0 aliphatic carbocycles. The third kappa shape index (κ3) is 10.9. The molecule has 4 atom stereocenters. The van der Waals surface area contributed by atoms with Crippen LogP contribution in [0, 0.1) is 5.92 Å². The highest BCUT2D eigenvalue weighted by atomic mass is 28.4. The van der Waals surface area contributed by atoms with Crippen molar-refractivity contribution in [3.63, 3.8) is 0 Å². The topological polar surface area (TPSA) is 74.2 Å². The fourth-order valence-electron chi connectivity index (χ4n) is 3.86. The Morgan fingerprint density at radius 1 is 0.769 bits per heavy atom. The number of aliphatic carboxylic acids is 1. The molecule has 9 heteroatoms. The molecule has 0 aromatic carbocycles. The van der Waals surface area contributed by atoms with Gasteiger partial charge in [-0.3, -0.25) is 4.79 Å². The zero-order valence-electron chi connectivity index (χ0n) is 29.0. The zero-order valence-corrected chi connectivity index (χ0v) is 32.0. The van der Waals surface area contributed by atoms with Crippen LogP contribution >= 0.6 is 0 Å². The molecule has 0 saturated carbocycles. The van der Waals surface area contributed by atoms with E-state index in [1.54, 1.807) is 14.0 Å². The van der Waals surface area contributed by atoms with Crippen molar-refractivity contribution in [2.75, 3.05) is 13.7 Å². The minimum absolute atomic E-state index is 0.0234. The van der Waals surface area contributed by atoms with E-state index in [2.05, 4.69) is 109 Å². The highest BCUT2D eigenvalue weighted by Crippen LogP contribution is 2.44. The van der Waals surface area contributed by atoms with E-state index in [0.29, 0.717) is 13.0 Å². The van der Waals surface area contributed by atoms with Crippen LogP contribution in [0.3, 0.4) is 0 Å². The van der Waals surface area contributed by atoms with Gasteiger partial charge in [-0.1, -0.05) is 62.3 Å². The van der Waals surface area contributed by atoms with Crippen molar-refractivity contribution in [1.29, 1.82) is 0 Å². The summed E-state index contributed by atoms with van der Waals surface area (Å²) in [5.41, 5.74) is -0.609. The number of carboxylic acid groups (broad SMARTS) is 1. The second-order valence-corrected chi connectivity index (χ2v) is 30.7. The van der Waals surface area contributed by atoms with E-state index in [4.69, 9.17) is 18.0 Å². The maximum absolute atomic E-state index is 12.2. The molecule has 0 radical (unpaired) electrons. The Morgan fingerprint density at radius 3 is 1.56 bits per heavy atom. The monoisotopic (exact) mass is 606 g/mol. The molecule has 0 rings (SSSR count). The SMILES string of the molecule is CO[C@H](C[C@H](O[Si](C)(C)C(C)(C)C)[C@@H](C)C(=O)O)[C@@](C)(CCCO[Si](C)(C)C(C)(C)C)O[Si](C)(C)C(C)(C)C. The fraction of sp³-hybridized carbons (Fsp3) is 0.967. The van der Waals surface area contributed by atoms with E-state index in [1.807, 2.05) is 0 Å². The van der Waals surface area contributed by atoms with Crippen LogP contribution in [0.1, 0.15) is 95.4 Å². The maximum atomic E-state index is 12.2. The number of carboxylic acids is 1. The van der Waals surface area contributed by atoms with Gasteiger partial charge in [0.15, 0.2) is 25.0 Å². The Morgan fingerprint density at radius 2 is 1.21 bits per heavy atom. The van der Waals surface area contributed by atoms with E-state index in [9.17, 15) is 9.90 Å². The number of ether oxygens (including phenoxy) is 1. The number of methoxy groups -OCH3 is 1. The number of carbonyl (C=O) groups is 1. The summed E-state index contributed by atoms with van der Waals surface area (Å²) in [6.07, 6.45) is 1.28. The van der Waals surface area contributed by atoms with Gasteiger partial charge in [0.05, 0.1) is 23.7 Å². The Labute approximate surface area is 245 Å².